The van der Waals surface area contributed by atoms with Gasteiger partial charge in [0.15, 0.2) is 0 Å². The van der Waals surface area contributed by atoms with E-state index < -0.39 is 17.8 Å². The summed E-state index contributed by atoms with van der Waals surface area (Å²) in [6.45, 7) is 5.48. The highest BCUT2D eigenvalue weighted by Crippen LogP contribution is 2.34. The van der Waals surface area contributed by atoms with Gasteiger partial charge < -0.3 is 14.8 Å². The molecule has 4 nitrogen and oxygen atoms in total. The molecule has 0 fully saturated rings. The van der Waals surface area contributed by atoms with E-state index in [0.29, 0.717) is 19.6 Å². The number of unbranched alkanes of at least 4 members (excludes halogenated alkanes) is 1. The summed E-state index contributed by atoms with van der Waals surface area (Å²) in [7, 11) is 0. The van der Waals surface area contributed by atoms with Crippen LogP contribution in [0.4, 0.5) is 23.7 Å². The normalized spacial score (nSPS) is 11.4. The van der Waals surface area contributed by atoms with Gasteiger partial charge in [-0.25, -0.2) is 4.79 Å². The average molecular weight is 444 g/mol. The van der Waals surface area contributed by atoms with Crippen LogP contribution in [0.5, 0.6) is 0 Å². The lowest BCUT2D eigenvalue weighted by atomic mass is 10.1. The van der Waals surface area contributed by atoms with Gasteiger partial charge in [-0.3, -0.25) is 0 Å². The van der Waals surface area contributed by atoms with Crippen molar-refractivity contribution < 1.29 is 18.0 Å². The summed E-state index contributed by atoms with van der Waals surface area (Å²) < 4.78 is 42.1. The summed E-state index contributed by atoms with van der Waals surface area (Å²) in [6, 6.07) is 16.5. The summed E-state index contributed by atoms with van der Waals surface area (Å²) in [5.41, 5.74) is 2.18. The van der Waals surface area contributed by atoms with Gasteiger partial charge in [-0.2, -0.15) is 13.2 Å². The van der Waals surface area contributed by atoms with Crippen LogP contribution in [0.15, 0.2) is 66.9 Å². The first kappa shape index (κ1) is 23.4. The topological polar surface area (TPSA) is 37.3 Å². The number of nitrogens with one attached hydrogen (secondary N) is 1. The number of benzene rings is 2. The molecular weight excluding hydrogens is 415 g/mol. The molecule has 0 saturated heterocycles. The van der Waals surface area contributed by atoms with Crippen LogP contribution in [0.1, 0.15) is 42.1 Å². The Morgan fingerprint density at radius 2 is 1.75 bits per heavy atom. The molecule has 0 aliphatic heterocycles. The van der Waals surface area contributed by atoms with Gasteiger partial charge >= 0.3 is 12.2 Å². The van der Waals surface area contributed by atoms with E-state index in [1.165, 1.54) is 29.3 Å². The number of rotatable bonds is 8. The molecule has 0 unspecified atom stereocenters. The predicted octanol–water partition coefficient (Wildman–Crippen LogP) is 6.70. The van der Waals surface area contributed by atoms with Crippen molar-refractivity contribution in [3.05, 3.63) is 89.2 Å². The highest BCUT2D eigenvalue weighted by molar-refractivity contribution is 5.90. The van der Waals surface area contributed by atoms with E-state index in [-0.39, 0.29) is 5.69 Å². The predicted molar refractivity (Wildman–Crippen MR) is 120 cm³/mol. The van der Waals surface area contributed by atoms with Crippen LogP contribution in [0.25, 0.3) is 0 Å². The molecule has 2 amide bonds. The number of halogens is 3. The molecule has 0 aliphatic rings. The van der Waals surface area contributed by atoms with Crippen LogP contribution in [0, 0.1) is 6.92 Å². The molecule has 7 heteroatoms. The maximum absolute atomic E-state index is 13.3. The molecule has 170 valence electrons. The Morgan fingerprint density at radius 1 is 1.03 bits per heavy atom. The van der Waals surface area contributed by atoms with Crippen molar-refractivity contribution in [2.75, 3.05) is 11.9 Å². The van der Waals surface area contributed by atoms with Crippen LogP contribution in [-0.4, -0.2) is 22.0 Å². The number of urea groups is 1. The average Bonchev–Trinajstić information content (AvgIpc) is 3.19. The number of hydrogen-bond donors (Lipinski definition) is 1. The first-order valence-electron chi connectivity index (χ1n) is 10.7. The van der Waals surface area contributed by atoms with Gasteiger partial charge in [-0.1, -0.05) is 49.7 Å². The molecule has 0 atom stereocenters. The van der Waals surface area contributed by atoms with Crippen molar-refractivity contribution in [1.82, 2.24) is 9.47 Å². The SMILES string of the molecule is CCCCN(Cc1cccn1Cc1ccccc1C)C(=O)Nc1ccccc1C(F)(F)F. The fraction of sp³-hybridized carbons (Fsp3) is 0.320. The van der Waals surface area contributed by atoms with E-state index in [1.54, 1.807) is 4.90 Å². The summed E-state index contributed by atoms with van der Waals surface area (Å²) >= 11 is 0. The number of aryl methyl sites for hydroxylation is 1. The third kappa shape index (κ3) is 5.93. The Balaban J connectivity index is 1.79. The number of para-hydroxylation sites is 1. The number of hydrogen-bond acceptors (Lipinski definition) is 1. The maximum Gasteiger partial charge on any atom is 0.418 e. The van der Waals surface area contributed by atoms with Crippen molar-refractivity contribution >= 4 is 11.7 Å². The zero-order chi connectivity index (χ0) is 23.1. The minimum absolute atomic E-state index is 0.234. The highest BCUT2D eigenvalue weighted by atomic mass is 19.4. The Morgan fingerprint density at radius 3 is 2.47 bits per heavy atom. The number of carbonyl (C=O) groups is 1. The van der Waals surface area contributed by atoms with Gasteiger partial charge in [0.2, 0.25) is 0 Å². The molecule has 1 N–H and O–H groups in total. The summed E-state index contributed by atoms with van der Waals surface area (Å²) in [6.07, 6.45) is -0.961. The van der Waals surface area contributed by atoms with Gasteiger partial charge in [0.25, 0.3) is 0 Å². The highest BCUT2D eigenvalue weighted by Gasteiger charge is 2.34. The first-order valence-corrected chi connectivity index (χ1v) is 10.7. The molecule has 0 bridgehead atoms. The second kappa shape index (κ2) is 10.4. The lowest BCUT2D eigenvalue weighted by Crippen LogP contribution is -2.36. The second-order valence-electron chi connectivity index (χ2n) is 7.80. The summed E-state index contributed by atoms with van der Waals surface area (Å²) in [4.78, 5) is 14.6. The van der Waals surface area contributed by atoms with Crippen molar-refractivity contribution in [3.8, 4) is 0 Å². The van der Waals surface area contributed by atoms with Gasteiger partial charge in [-0.15, -0.1) is 0 Å². The Labute approximate surface area is 186 Å². The third-order valence-electron chi connectivity index (χ3n) is 5.42. The molecule has 1 heterocycles. The minimum Gasteiger partial charge on any atom is -0.345 e. The fourth-order valence-corrected chi connectivity index (χ4v) is 3.55. The lowest BCUT2D eigenvalue weighted by Gasteiger charge is -2.25. The standard InChI is InChI=1S/C25H28F3N3O/c1-3-4-15-31(24(32)29-23-14-8-7-13-22(23)25(26,27)28)18-21-12-9-16-30(21)17-20-11-6-5-10-19(20)2/h5-14,16H,3-4,15,17-18H2,1-2H3,(H,29,32). The Bertz CT molecular complexity index is 1040. The number of nitrogens with zero attached hydrogens (tertiary/aromatic N) is 2. The van der Waals surface area contributed by atoms with Crippen LogP contribution < -0.4 is 5.32 Å². The van der Waals surface area contributed by atoms with Crippen molar-refractivity contribution in [2.45, 2.75) is 46.0 Å². The van der Waals surface area contributed by atoms with Crippen LogP contribution in [0.3, 0.4) is 0 Å². The van der Waals surface area contributed by atoms with E-state index in [1.807, 2.05) is 37.4 Å². The second-order valence-corrected chi connectivity index (χ2v) is 7.80. The molecule has 0 radical (unpaired) electrons. The van der Waals surface area contributed by atoms with Gasteiger partial charge in [0, 0.05) is 25.0 Å². The van der Waals surface area contributed by atoms with Gasteiger partial charge in [-0.05, 0) is 48.7 Å². The number of anilines is 1. The lowest BCUT2D eigenvalue weighted by molar-refractivity contribution is -0.136. The molecule has 3 aromatic rings. The number of carbonyl (C=O) groups excluding carboxylic acids is 1. The van der Waals surface area contributed by atoms with E-state index in [4.69, 9.17) is 0 Å². The molecule has 2 aromatic carbocycles. The van der Waals surface area contributed by atoms with Crippen molar-refractivity contribution in [3.63, 3.8) is 0 Å². The summed E-state index contributed by atoms with van der Waals surface area (Å²) in [5.74, 6) is 0. The van der Waals surface area contributed by atoms with Gasteiger partial charge in [0.1, 0.15) is 0 Å². The monoisotopic (exact) mass is 443 g/mol. The zero-order valence-corrected chi connectivity index (χ0v) is 18.3. The van der Waals surface area contributed by atoms with Crippen LogP contribution in [-0.2, 0) is 19.3 Å². The van der Waals surface area contributed by atoms with Gasteiger partial charge in [0.05, 0.1) is 17.8 Å². The third-order valence-corrected chi connectivity index (χ3v) is 5.42. The molecule has 0 spiro atoms. The Kier molecular flexibility index (Phi) is 7.62. The first-order chi connectivity index (χ1) is 15.3. The maximum atomic E-state index is 13.3. The number of alkyl halides is 3. The van der Waals surface area contributed by atoms with E-state index >= 15 is 0 Å². The van der Waals surface area contributed by atoms with E-state index in [0.717, 1.165) is 24.6 Å². The van der Waals surface area contributed by atoms with Crippen molar-refractivity contribution in [1.29, 1.82) is 0 Å². The zero-order valence-electron chi connectivity index (χ0n) is 18.3. The Hall–Kier alpha value is -3.22. The quantitative estimate of drug-likeness (QED) is 0.413. The molecule has 32 heavy (non-hydrogen) atoms. The molecule has 3 rings (SSSR count). The fourth-order valence-electron chi connectivity index (χ4n) is 3.55. The van der Waals surface area contributed by atoms with Crippen LogP contribution in [0.2, 0.25) is 0 Å². The molecule has 0 aliphatic carbocycles. The molecule has 0 saturated carbocycles. The van der Waals surface area contributed by atoms with E-state index in [9.17, 15) is 18.0 Å². The summed E-state index contributed by atoms with van der Waals surface area (Å²) in [5, 5.41) is 2.47. The van der Waals surface area contributed by atoms with Crippen molar-refractivity contribution in [2.24, 2.45) is 0 Å². The number of aromatic nitrogens is 1. The molecular formula is C25H28F3N3O. The van der Waals surface area contributed by atoms with E-state index in [2.05, 4.69) is 28.9 Å². The molecule has 1 aromatic heterocycles. The van der Waals surface area contributed by atoms with Crippen LogP contribution >= 0.6 is 0 Å². The largest absolute Gasteiger partial charge is 0.418 e. The smallest absolute Gasteiger partial charge is 0.345 e. The number of amides is 2. The minimum atomic E-state index is -4.54.